The van der Waals surface area contributed by atoms with E-state index in [1.165, 1.54) is 0 Å². The highest BCUT2D eigenvalue weighted by Gasteiger charge is 2.09. The van der Waals surface area contributed by atoms with Crippen molar-refractivity contribution in [3.63, 3.8) is 0 Å². The minimum atomic E-state index is -0.0323. The Balaban J connectivity index is 2.21. The summed E-state index contributed by atoms with van der Waals surface area (Å²) in [4.78, 5) is 4.10. The lowest BCUT2D eigenvalue weighted by Crippen LogP contribution is -2.18. The average molecular weight is 336 g/mol. The summed E-state index contributed by atoms with van der Waals surface area (Å²) >= 11 is 3.41. The van der Waals surface area contributed by atoms with Gasteiger partial charge in [-0.25, -0.2) is 0 Å². The predicted molar refractivity (Wildman–Crippen MR) is 80.0 cm³/mol. The van der Waals surface area contributed by atoms with Crippen LogP contribution in [-0.4, -0.2) is 16.0 Å². The van der Waals surface area contributed by atoms with E-state index in [0.717, 1.165) is 21.3 Å². The standard InChI is InChI=1S/C14H14BrN3O2/c1-9-4-5-11(15)7-12(9)20-8-10-3-2-6-17-13(10)14(16)18-19/h2-7,19H,8H2,1H3,(H2,16,18). The molecule has 0 aliphatic heterocycles. The smallest absolute Gasteiger partial charge is 0.189 e. The highest BCUT2D eigenvalue weighted by Crippen LogP contribution is 2.24. The van der Waals surface area contributed by atoms with Crippen LogP contribution in [0.3, 0.4) is 0 Å². The number of benzene rings is 1. The molecule has 3 N–H and O–H groups in total. The van der Waals surface area contributed by atoms with Crippen molar-refractivity contribution in [2.24, 2.45) is 10.9 Å². The SMILES string of the molecule is Cc1ccc(Br)cc1OCc1cccnc1/C(N)=N/O. The van der Waals surface area contributed by atoms with Gasteiger partial charge < -0.3 is 15.7 Å². The number of nitrogens with zero attached hydrogens (tertiary/aromatic N) is 2. The lowest BCUT2D eigenvalue weighted by atomic mass is 10.2. The van der Waals surface area contributed by atoms with E-state index in [4.69, 9.17) is 15.7 Å². The number of rotatable bonds is 4. The quantitative estimate of drug-likeness (QED) is 0.389. The van der Waals surface area contributed by atoms with Crippen LogP contribution in [0, 0.1) is 6.92 Å². The van der Waals surface area contributed by atoms with Gasteiger partial charge in [0.05, 0.1) is 0 Å². The van der Waals surface area contributed by atoms with Crippen LogP contribution in [-0.2, 0) is 6.61 Å². The second-order valence-corrected chi connectivity index (χ2v) is 5.11. The molecule has 0 saturated heterocycles. The van der Waals surface area contributed by atoms with Gasteiger partial charge in [0, 0.05) is 16.2 Å². The Hall–Kier alpha value is -2.08. The molecule has 0 spiro atoms. The molecule has 0 amide bonds. The summed E-state index contributed by atoms with van der Waals surface area (Å²) in [6.45, 7) is 2.26. The fourth-order valence-corrected chi connectivity index (χ4v) is 2.06. The topological polar surface area (TPSA) is 80.7 Å². The molecular formula is C14H14BrN3O2. The van der Waals surface area contributed by atoms with Crippen LogP contribution < -0.4 is 10.5 Å². The lowest BCUT2D eigenvalue weighted by molar-refractivity contribution is 0.302. The van der Waals surface area contributed by atoms with Crippen molar-refractivity contribution in [2.75, 3.05) is 0 Å². The number of hydrogen-bond acceptors (Lipinski definition) is 4. The zero-order valence-electron chi connectivity index (χ0n) is 10.9. The molecule has 2 aromatic rings. The molecular weight excluding hydrogens is 322 g/mol. The molecule has 0 unspecified atom stereocenters. The van der Waals surface area contributed by atoms with Gasteiger partial charge in [-0.15, -0.1) is 0 Å². The van der Waals surface area contributed by atoms with Crippen molar-refractivity contribution in [3.05, 3.63) is 57.8 Å². The molecule has 0 fully saturated rings. The first-order chi connectivity index (χ1) is 9.61. The average Bonchev–Trinajstić information content (AvgIpc) is 2.47. The Morgan fingerprint density at radius 3 is 3.00 bits per heavy atom. The Morgan fingerprint density at radius 1 is 1.45 bits per heavy atom. The fraction of sp³-hybridized carbons (Fsp3) is 0.143. The zero-order valence-corrected chi connectivity index (χ0v) is 12.5. The molecule has 6 heteroatoms. The molecule has 1 aromatic carbocycles. The highest BCUT2D eigenvalue weighted by atomic mass is 79.9. The van der Waals surface area contributed by atoms with Gasteiger partial charge >= 0.3 is 0 Å². The summed E-state index contributed by atoms with van der Waals surface area (Å²) in [6.07, 6.45) is 1.58. The first kappa shape index (κ1) is 14.3. The molecule has 104 valence electrons. The van der Waals surface area contributed by atoms with E-state index < -0.39 is 0 Å². The molecule has 0 radical (unpaired) electrons. The van der Waals surface area contributed by atoms with E-state index in [2.05, 4.69) is 26.1 Å². The first-order valence-electron chi connectivity index (χ1n) is 5.92. The van der Waals surface area contributed by atoms with Crippen LogP contribution in [0.25, 0.3) is 0 Å². The second-order valence-electron chi connectivity index (χ2n) is 4.19. The van der Waals surface area contributed by atoms with Crippen LogP contribution in [0.1, 0.15) is 16.8 Å². The third kappa shape index (κ3) is 3.27. The van der Waals surface area contributed by atoms with Crippen LogP contribution in [0.15, 0.2) is 46.2 Å². The van der Waals surface area contributed by atoms with E-state index in [0.29, 0.717) is 5.69 Å². The number of oxime groups is 1. The monoisotopic (exact) mass is 335 g/mol. The van der Waals surface area contributed by atoms with Crippen LogP contribution in [0.5, 0.6) is 5.75 Å². The summed E-state index contributed by atoms with van der Waals surface area (Å²) in [5.41, 5.74) is 7.79. The number of aryl methyl sites for hydroxylation is 1. The summed E-state index contributed by atoms with van der Waals surface area (Å²) in [7, 11) is 0. The molecule has 0 atom stereocenters. The molecule has 0 saturated carbocycles. The molecule has 0 aliphatic rings. The van der Waals surface area contributed by atoms with Crippen LogP contribution >= 0.6 is 15.9 Å². The lowest BCUT2D eigenvalue weighted by Gasteiger charge is -2.11. The van der Waals surface area contributed by atoms with E-state index in [1.54, 1.807) is 12.3 Å². The first-order valence-corrected chi connectivity index (χ1v) is 6.72. The van der Waals surface area contributed by atoms with Gasteiger partial charge in [-0.05, 0) is 30.7 Å². The summed E-state index contributed by atoms with van der Waals surface area (Å²) in [6, 6.07) is 9.42. The number of nitrogens with two attached hydrogens (primary N) is 1. The van der Waals surface area contributed by atoms with Crippen molar-refractivity contribution < 1.29 is 9.94 Å². The Labute approximate surface area is 125 Å². The van der Waals surface area contributed by atoms with Gasteiger partial charge in [-0.1, -0.05) is 33.2 Å². The third-order valence-electron chi connectivity index (χ3n) is 2.77. The van der Waals surface area contributed by atoms with Gasteiger partial charge in [0.15, 0.2) is 5.84 Å². The normalized spacial score (nSPS) is 11.4. The van der Waals surface area contributed by atoms with Crippen molar-refractivity contribution in [3.8, 4) is 5.75 Å². The number of hydrogen-bond donors (Lipinski definition) is 2. The van der Waals surface area contributed by atoms with E-state index >= 15 is 0 Å². The maximum atomic E-state index is 8.75. The molecule has 1 heterocycles. The number of pyridine rings is 1. The predicted octanol–water partition coefficient (Wildman–Crippen LogP) is 2.83. The highest BCUT2D eigenvalue weighted by molar-refractivity contribution is 9.10. The Morgan fingerprint density at radius 2 is 2.25 bits per heavy atom. The minimum Gasteiger partial charge on any atom is -0.489 e. The number of ether oxygens (including phenoxy) is 1. The molecule has 1 aromatic heterocycles. The summed E-state index contributed by atoms with van der Waals surface area (Å²) in [5, 5.41) is 11.7. The van der Waals surface area contributed by atoms with Crippen molar-refractivity contribution in [2.45, 2.75) is 13.5 Å². The van der Waals surface area contributed by atoms with Gasteiger partial charge in [0.2, 0.25) is 0 Å². The minimum absolute atomic E-state index is 0.0323. The second kappa shape index (κ2) is 6.38. The Bertz CT molecular complexity index is 644. The maximum Gasteiger partial charge on any atom is 0.189 e. The molecule has 0 aliphatic carbocycles. The van der Waals surface area contributed by atoms with E-state index in [1.807, 2.05) is 31.2 Å². The third-order valence-corrected chi connectivity index (χ3v) is 3.27. The van der Waals surface area contributed by atoms with Crippen molar-refractivity contribution >= 4 is 21.8 Å². The number of amidine groups is 1. The molecule has 5 nitrogen and oxygen atoms in total. The van der Waals surface area contributed by atoms with Gasteiger partial charge in [-0.3, -0.25) is 4.98 Å². The number of halogens is 1. The molecule has 20 heavy (non-hydrogen) atoms. The summed E-state index contributed by atoms with van der Waals surface area (Å²) < 4.78 is 6.72. The summed E-state index contributed by atoms with van der Waals surface area (Å²) in [5.74, 6) is 0.740. The number of aromatic nitrogens is 1. The van der Waals surface area contributed by atoms with Gasteiger partial charge in [0.1, 0.15) is 18.1 Å². The van der Waals surface area contributed by atoms with E-state index in [-0.39, 0.29) is 12.4 Å². The van der Waals surface area contributed by atoms with Crippen molar-refractivity contribution in [1.29, 1.82) is 0 Å². The molecule has 0 bridgehead atoms. The molecule has 2 rings (SSSR count). The zero-order chi connectivity index (χ0) is 14.5. The fourth-order valence-electron chi connectivity index (χ4n) is 1.72. The van der Waals surface area contributed by atoms with Gasteiger partial charge in [0.25, 0.3) is 0 Å². The van der Waals surface area contributed by atoms with E-state index in [9.17, 15) is 0 Å². The Kier molecular flexibility index (Phi) is 4.57. The van der Waals surface area contributed by atoms with Crippen LogP contribution in [0.4, 0.5) is 0 Å². The van der Waals surface area contributed by atoms with Crippen LogP contribution in [0.2, 0.25) is 0 Å². The maximum absolute atomic E-state index is 8.75. The van der Waals surface area contributed by atoms with Gasteiger partial charge in [-0.2, -0.15) is 0 Å². The van der Waals surface area contributed by atoms with Crippen molar-refractivity contribution in [1.82, 2.24) is 4.98 Å². The largest absolute Gasteiger partial charge is 0.489 e.